The van der Waals surface area contributed by atoms with Gasteiger partial charge in [-0.25, -0.2) is 0 Å². The first-order valence-electron chi connectivity index (χ1n) is 7.87. The molecule has 1 aliphatic rings. The fourth-order valence-corrected chi connectivity index (χ4v) is 2.96. The minimum absolute atomic E-state index is 0.482. The van der Waals surface area contributed by atoms with Gasteiger partial charge in [-0.15, -0.1) is 0 Å². The van der Waals surface area contributed by atoms with Crippen LogP contribution in [0, 0.1) is 0 Å². The molecule has 0 spiro atoms. The van der Waals surface area contributed by atoms with Gasteiger partial charge >= 0.3 is 0 Å². The van der Waals surface area contributed by atoms with Crippen molar-refractivity contribution in [3.63, 3.8) is 0 Å². The summed E-state index contributed by atoms with van der Waals surface area (Å²) in [6.45, 7) is 5.28. The molecule has 2 rings (SSSR count). The van der Waals surface area contributed by atoms with Crippen molar-refractivity contribution in [1.82, 2.24) is 5.32 Å². The van der Waals surface area contributed by atoms with E-state index in [9.17, 15) is 0 Å². The van der Waals surface area contributed by atoms with E-state index in [0.29, 0.717) is 12.0 Å². The molecule has 0 bridgehead atoms. The molecule has 1 heterocycles. The summed E-state index contributed by atoms with van der Waals surface area (Å²) in [6.07, 6.45) is 6.47. The number of benzene rings is 1. The van der Waals surface area contributed by atoms with Gasteiger partial charge < -0.3 is 10.1 Å². The van der Waals surface area contributed by atoms with Crippen LogP contribution in [0.3, 0.4) is 0 Å². The SMILES string of the molecule is CCCNCC(CCC1CCCO1)c1ccc(Cl)cc1. The maximum absolute atomic E-state index is 5.99. The third kappa shape index (κ3) is 5.08. The van der Waals surface area contributed by atoms with E-state index in [4.69, 9.17) is 16.3 Å². The van der Waals surface area contributed by atoms with E-state index in [1.54, 1.807) is 0 Å². The normalized spacial score (nSPS) is 20.2. The fourth-order valence-electron chi connectivity index (χ4n) is 2.83. The lowest BCUT2D eigenvalue weighted by atomic mass is 9.92. The lowest BCUT2D eigenvalue weighted by Crippen LogP contribution is -2.23. The highest BCUT2D eigenvalue weighted by Crippen LogP contribution is 2.26. The molecule has 3 heteroatoms. The smallest absolute Gasteiger partial charge is 0.0576 e. The Morgan fingerprint density at radius 2 is 2.15 bits per heavy atom. The van der Waals surface area contributed by atoms with Crippen LogP contribution in [0.25, 0.3) is 0 Å². The van der Waals surface area contributed by atoms with Crippen LogP contribution in [0.5, 0.6) is 0 Å². The van der Waals surface area contributed by atoms with Crippen LogP contribution < -0.4 is 5.32 Å². The summed E-state index contributed by atoms with van der Waals surface area (Å²) in [5, 5.41) is 4.36. The number of rotatable bonds is 8. The second-order valence-corrected chi connectivity index (χ2v) is 6.10. The number of nitrogens with one attached hydrogen (secondary N) is 1. The van der Waals surface area contributed by atoms with E-state index in [1.165, 1.54) is 37.7 Å². The monoisotopic (exact) mass is 295 g/mol. The Hall–Kier alpha value is -0.570. The molecule has 1 N–H and O–H groups in total. The van der Waals surface area contributed by atoms with Gasteiger partial charge in [0.2, 0.25) is 0 Å². The van der Waals surface area contributed by atoms with Crippen LogP contribution in [0.4, 0.5) is 0 Å². The van der Waals surface area contributed by atoms with Gasteiger partial charge in [-0.2, -0.15) is 0 Å². The summed E-state index contributed by atoms with van der Waals surface area (Å²) in [5.74, 6) is 0.558. The van der Waals surface area contributed by atoms with E-state index in [2.05, 4.69) is 24.4 Å². The van der Waals surface area contributed by atoms with Crippen LogP contribution in [0.2, 0.25) is 5.02 Å². The molecule has 1 aliphatic heterocycles. The zero-order chi connectivity index (χ0) is 14.2. The maximum Gasteiger partial charge on any atom is 0.0576 e. The van der Waals surface area contributed by atoms with Gasteiger partial charge in [0.1, 0.15) is 0 Å². The molecule has 112 valence electrons. The molecule has 0 aromatic heterocycles. The summed E-state index contributed by atoms with van der Waals surface area (Å²) in [7, 11) is 0. The average molecular weight is 296 g/mol. The third-order valence-electron chi connectivity index (χ3n) is 4.02. The molecular formula is C17H26ClNO. The highest BCUT2D eigenvalue weighted by atomic mass is 35.5. The molecule has 20 heavy (non-hydrogen) atoms. The lowest BCUT2D eigenvalue weighted by Gasteiger charge is -2.20. The molecule has 0 amide bonds. The Morgan fingerprint density at radius 1 is 1.35 bits per heavy atom. The topological polar surface area (TPSA) is 21.3 Å². The molecule has 1 aromatic rings. The van der Waals surface area contributed by atoms with Gasteiger partial charge in [-0.05, 0) is 62.3 Å². The Balaban J connectivity index is 1.90. The van der Waals surface area contributed by atoms with Gasteiger partial charge in [-0.1, -0.05) is 30.7 Å². The molecule has 2 unspecified atom stereocenters. The van der Waals surface area contributed by atoms with Crippen LogP contribution in [-0.2, 0) is 4.74 Å². The van der Waals surface area contributed by atoms with Crippen LogP contribution in [0.15, 0.2) is 24.3 Å². The van der Waals surface area contributed by atoms with Crippen molar-refractivity contribution in [2.24, 2.45) is 0 Å². The standard InChI is InChI=1S/C17H26ClNO/c1-2-11-19-13-15(7-10-17-4-3-12-20-17)14-5-8-16(18)9-6-14/h5-6,8-9,15,17,19H,2-4,7,10-13H2,1H3. The average Bonchev–Trinajstić information content (AvgIpc) is 2.97. The first-order valence-corrected chi connectivity index (χ1v) is 8.25. The van der Waals surface area contributed by atoms with Crippen molar-refractivity contribution >= 4 is 11.6 Å². The molecule has 0 saturated carbocycles. The first kappa shape index (κ1) is 15.8. The zero-order valence-corrected chi connectivity index (χ0v) is 13.2. The van der Waals surface area contributed by atoms with Crippen molar-refractivity contribution in [2.75, 3.05) is 19.7 Å². The van der Waals surface area contributed by atoms with Gasteiger partial charge in [0, 0.05) is 18.2 Å². The fraction of sp³-hybridized carbons (Fsp3) is 0.647. The Bertz CT molecular complexity index is 373. The Morgan fingerprint density at radius 3 is 2.80 bits per heavy atom. The van der Waals surface area contributed by atoms with Crippen LogP contribution in [-0.4, -0.2) is 25.8 Å². The van der Waals surface area contributed by atoms with E-state index >= 15 is 0 Å². The minimum Gasteiger partial charge on any atom is -0.378 e. The van der Waals surface area contributed by atoms with E-state index < -0.39 is 0 Å². The number of hydrogen-bond donors (Lipinski definition) is 1. The van der Waals surface area contributed by atoms with Crippen LogP contribution >= 0.6 is 11.6 Å². The van der Waals surface area contributed by atoms with Crippen LogP contribution in [0.1, 0.15) is 50.5 Å². The molecule has 1 aromatic carbocycles. The highest BCUT2D eigenvalue weighted by molar-refractivity contribution is 6.30. The zero-order valence-electron chi connectivity index (χ0n) is 12.4. The second-order valence-electron chi connectivity index (χ2n) is 5.66. The molecular weight excluding hydrogens is 270 g/mol. The molecule has 2 atom stereocenters. The predicted molar refractivity (Wildman–Crippen MR) is 85.6 cm³/mol. The van der Waals surface area contributed by atoms with E-state index in [1.807, 2.05) is 12.1 Å². The van der Waals surface area contributed by atoms with Gasteiger partial charge in [0.15, 0.2) is 0 Å². The van der Waals surface area contributed by atoms with Crippen molar-refractivity contribution in [2.45, 2.75) is 51.0 Å². The number of hydrogen-bond acceptors (Lipinski definition) is 2. The molecule has 0 aliphatic carbocycles. The molecule has 1 fully saturated rings. The summed E-state index contributed by atoms with van der Waals surface area (Å²) in [5.41, 5.74) is 1.39. The van der Waals surface area contributed by atoms with Crippen molar-refractivity contribution in [3.05, 3.63) is 34.9 Å². The maximum atomic E-state index is 5.99. The summed E-state index contributed by atoms with van der Waals surface area (Å²) >= 11 is 5.99. The number of halogens is 1. The van der Waals surface area contributed by atoms with E-state index in [-0.39, 0.29) is 0 Å². The largest absolute Gasteiger partial charge is 0.378 e. The molecule has 0 radical (unpaired) electrons. The van der Waals surface area contributed by atoms with Gasteiger partial charge in [-0.3, -0.25) is 0 Å². The van der Waals surface area contributed by atoms with E-state index in [0.717, 1.165) is 24.7 Å². The third-order valence-corrected chi connectivity index (χ3v) is 4.27. The first-order chi connectivity index (χ1) is 9.79. The summed E-state index contributed by atoms with van der Waals surface area (Å²) in [4.78, 5) is 0. The van der Waals surface area contributed by atoms with Gasteiger partial charge in [0.25, 0.3) is 0 Å². The second kappa shape index (κ2) is 8.66. The molecule has 1 saturated heterocycles. The quantitative estimate of drug-likeness (QED) is 0.719. The van der Waals surface area contributed by atoms with Crippen molar-refractivity contribution in [3.8, 4) is 0 Å². The van der Waals surface area contributed by atoms with Crippen molar-refractivity contribution in [1.29, 1.82) is 0 Å². The van der Waals surface area contributed by atoms with Crippen molar-refractivity contribution < 1.29 is 4.74 Å². The number of ether oxygens (including phenoxy) is 1. The lowest BCUT2D eigenvalue weighted by molar-refractivity contribution is 0.101. The minimum atomic E-state index is 0.482. The highest BCUT2D eigenvalue weighted by Gasteiger charge is 2.18. The Kier molecular flexibility index (Phi) is 6.85. The molecule has 2 nitrogen and oxygen atoms in total. The Labute approximate surface area is 127 Å². The van der Waals surface area contributed by atoms with Gasteiger partial charge in [0.05, 0.1) is 6.10 Å². The predicted octanol–water partition coefficient (Wildman–Crippen LogP) is 4.38. The summed E-state index contributed by atoms with van der Waals surface area (Å²) in [6, 6.07) is 8.32. The summed E-state index contributed by atoms with van der Waals surface area (Å²) < 4.78 is 5.74.